The number of nitriles is 1. The lowest BCUT2D eigenvalue weighted by atomic mass is 10.2. The molecule has 1 aromatic carbocycles. The number of ether oxygens (including phenoxy) is 1. The van der Waals surface area contributed by atoms with E-state index in [1.54, 1.807) is 0 Å². The average molecular weight is 226 g/mol. The van der Waals surface area contributed by atoms with Crippen molar-refractivity contribution in [2.24, 2.45) is 0 Å². The lowest BCUT2D eigenvalue weighted by Crippen LogP contribution is -1.94. The first-order chi connectivity index (χ1) is 5.74. The molecule has 0 heterocycles. The van der Waals surface area contributed by atoms with Crippen molar-refractivity contribution in [1.82, 2.24) is 0 Å². The molecule has 0 saturated heterocycles. The number of halogens is 1. The van der Waals surface area contributed by atoms with Crippen molar-refractivity contribution < 1.29 is 4.74 Å². The van der Waals surface area contributed by atoms with Crippen LogP contribution in [-0.4, -0.2) is 6.61 Å². The quantitative estimate of drug-likeness (QED) is 0.776. The van der Waals surface area contributed by atoms with Crippen molar-refractivity contribution in [3.63, 3.8) is 0 Å². The summed E-state index contributed by atoms with van der Waals surface area (Å²) in [5.41, 5.74) is 1.03. The third-order valence-electron chi connectivity index (χ3n) is 1.43. The monoisotopic (exact) mass is 225 g/mol. The number of aryl methyl sites for hydroxylation is 1. The molecule has 0 N–H and O–H groups in total. The van der Waals surface area contributed by atoms with Crippen LogP contribution in [0.5, 0.6) is 5.75 Å². The summed E-state index contributed by atoms with van der Waals surface area (Å²) in [6.07, 6.45) is 0. The first kappa shape index (κ1) is 9.08. The van der Waals surface area contributed by atoms with Crippen LogP contribution >= 0.6 is 15.9 Å². The van der Waals surface area contributed by atoms with E-state index >= 15 is 0 Å². The lowest BCUT2D eigenvalue weighted by molar-refractivity contribution is 0.365. The van der Waals surface area contributed by atoms with Crippen molar-refractivity contribution in [1.29, 1.82) is 5.26 Å². The van der Waals surface area contributed by atoms with Gasteiger partial charge in [-0.25, -0.2) is 0 Å². The first-order valence-electron chi connectivity index (χ1n) is 3.50. The van der Waals surface area contributed by atoms with Crippen LogP contribution in [0.2, 0.25) is 0 Å². The molecule has 0 bridgehead atoms. The normalized spacial score (nSPS) is 9.08. The van der Waals surface area contributed by atoms with Gasteiger partial charge in [0.15, 0.2) is 6.61 Å². The molecule has 1 rings (SSSR count). The van der Waals surface area contributed by atoms with Gasteiger partial charge in [0.25, 0.3) is 0 Å². The van der Waals surface area contributed by atoms with Crippen molar-refractivity contribution in [3.8, 4) is 11.8 Å². The van der Waals surface area contributed by atoms with Crippen LogP contribution in [0.15, 0.2) is 22.7 Å². The highest BCUT2D eigenvalue weighted by molar-refractivity contribution is 9.10. The van der Waals surface area contributed by atoms with Gasteiger partial charge in [0.2, 0.25) is 0 Å². The zero-order valence-electron chi connectivity index (χ0n) is 6.67. The highest BCUT2D eigenvalue weighted by Gasteiger charge is 1.98. The molecule has 0 atom stereocenters. The van der Waals surface area contributed by atoms with Crippen LogP contribution in [0, 0.1) is 18.3 Å². The Morgan fingerprint density at radius 2 is 2.33 bits per heavy atom. The highest BCUT2D eigenvalue weighted by Crippen LogP contribution is 2.21. The van der Waals surface area contributed by atoms with E-state index in [-0.39, 0.29) is 6.61 Å². The molecule has 0 aliphatic carbocycles. The Kier molecular flexibility index (Phi) is 3.12. The highest BCUT2D eigenvalue weighted by atomic mass is 79.9. The molecule has 0 aliphatic heterocycles. The average Bonchev–Trinajstić information content (AvgIpc) is 2.03. The predicted octanol–water partition coefficient (Wildman–Crippen LogP) is 2.66. The van der Waals surface area contributed by atoms with Gasteiger partial charge in [0.05, 0.1) is 0 Å². The Morgan fingerprint density at radius 1 is 1.58 bits per heavy atom. The minimum Gasteiger partial charge on any atom is -0.478 e. The Balaban J connectivity index is 2.81. The van der Waals surface area contributed by atoms with Crippen LogP contribution in [0.1, 0.15) is 5.56 Å². The molecule has 0 aromatic heterocycles. The summed E-state index contributed by atoms with van der Waals surface area (Å²) in [7, 11) is 0. The Bertz CT molecular complexity index is 317. The molecule has 0 radical (unpaired) electrons. The largest absolute Gasteiger partial charge is 0.478 e. The molecule has 0 saturated carbocycles. The summed E-state index contributed by atoms with van der Waals surface area (Å²) in [6.45, 7) is 2.04. The summed E-state index contributed by atoms with van der Waals surface area (Å²) in [4.78, 5) is 0. The fraction of sp³-hybridized carbons (Fsp3) is 0.222. The van der Waals surface area contributed by atoms with E-state index in [0.29, 0.717) is 0 Å². The standard InChI is InChI=1S/C9H8BrNO/c1-7-6-8(10)2-3-9(7)12-5-4-11/h2-3,6H,5H2,1H3. The molecule has 2 nitrogen and oxygen atoms in total. The van der Waals surface area contributed by atoms with Gasteiger partial charge in [-0.05, 0) is 30.7 Å². The van der Waals surface area contributed by atoms with Crippen LogP contribution in [0.25, 0.3) is 0 Å². The van der Waals surface area contributed by atoms with E-state index in [2.05, 4.69) is 15.9 Å². The van der Waals surface area contributed by atoms with Gasteiger partial charge in [-0.2, -0.15) is 5.26 Å². The second-order valence-electron chi connectivity index (χ2n) is 2.36. The summed E-state index contributed by atoms with van der Waals surface area (Å²) in [6, 6.07) is 7.61. The Labute approximate surface area is 79.9 Å². The number of hydrogen-bond acceptors (Lipinski definition) is 2. The maximum absolute atomic E-state index is 8.29. The van der Waals surface area contributed by atoms with E-state index in [9.17, 15) is 0 Å². The fourth-order valence-electron chi connectivity index (χ4n) is 0.885. The molecular weight excluding hydrogens is 218 g/mol. The van der Waals surface area contributed by atoms with E-state index in [4.69, 9.17) is 10.00 Å². The molecule has 0 unspecified atom stereocenters. The number of benzene rings is 1. The Morgan fingerprint density at radius 3 is 2.92 bits per heavy atom. The maximum atomic E-state index is 8.29. The minimum atomic E-state index is 0.0997. The predicted molar refractivity (Wildman–Crippen MR) is 50.0 cm³/mol. The number of rotatable bonds is 2. The summed E-state index contributed by atoms with van der Waals surface area (Å²) in [5.74, 6) is 0.764. The van der Waals surface area contributed by atoms with Crippen LogP contribution in [0.4, 0.5) is 0 Å². The van der Waals surface area contributed by atoms with E-state index < -0.39 is 0 Å². The zero-order valence-corrected chi connectivity index (χ0v) is 8.26. The molecule has 0 spiro atoms. The fourth-order valence-corrected chi connectivity index (χ4v) is 1.36. The van der Waals surface area contributed by atoms with Crippen molar-refractivity contribution in [2.45, 2.75) is 6.92 Å². The van der Waals surface area contributed by atoms with Gasteiger partial charge in [0, 0.05) is 4.47 Å². The molecule has 62 valence electrons. The second-order valence-corrected chi connectivity index (χ2v) is 3.27. The summed E-state index contributed by atoms with van der Waals surface area (Å²) < 4.78 is 6.18. The smallest absolute Gasteiger partial charge is 0.174 e. The molecular formula is C9H8BrNO. The number of hydrogen-bond donors (Lipinski definition) is 0. The maximum Gasteiger partial charge on any atom is 0.174 e. The second kappa shape index (κ2) is 4.13. The topological polar surface area (TPSA) is 33.0 Å². The SMILES string of the molecule is Cc1cc(Br)ccc1OCC#N. The lowest BCUT2D eigenvalue weighted by Gasteiger charge is -2.04. The third-order valence-corrected chi connectivity index (χ3v) is 1.92. The minimum absolute atomic E-state index is 0.0997. The molecule has 3 heteroatoms. The summed E-state index contributed by atoms with van der Waals surface area (Å²) >= 11 is 3.34. The van der Waals surface area contributed by atoms with Crippen LogP contribution in [0.3, 0.4) is 0 Å². The number of nitrogens with zero attached hydrogens (tertiary/aromatic N) is 1. The van der Waals surface area contributed by atoms with Gasteiger partial charge >= 0.3 is 0 Å². The van der Waals surface area contributed by atoms with Gasteiger partial charge in [-0.3, -0.25) is 0 Å². The summed E-state index contributed by atoms with van der Waals surface area (Å²) in [5, 5.41) is 8.29. The van der Waals surface area contributed by atoms with E-state index in [1.807, 2.05) is 31.2 Å². The van der Waals surface area contributed by atoms with Crippen molar-refractivity contribution in [3.05, 3.63) is 28.2 Å². The van der Waals surface area contributed by atoms with Crippen LogP contribution < -0.4 is 4.74 Å². The molecule has 12 heavy (non-hydrogen) atoms. The first-order valence-corrected chi connectivity index (χ1v) is 4.29. The molecule has 0 fully saturated rings. The molecule has 0 aliphatic rings. The Hall–Kier alpha value is -1.01. The van der Waals surface area contributed by atoms with Crippen molar-refractivity contribution in [2.75, 3.05) is 6.61 Å². The molecule has 0 amide bonds. The van der Waals surface area contributed by atoms with Gasteiger partial charge in [-0.15, -0.1) is 0 Å². The van der Waals surface area contributed by atoms with E-state index in [1.165, 1.54) is 0 Å². The van der Waals surface area contributed by atoms with Crippen molar-refractivity contribution >= 4 is 15.9 Å². The molecule has 1 aromatic rings. The third kappa shape index (κ3) is 2.24. The van der Waals surface area contributed by atoms with Gasteiger partial charge in [-0.1, -0.05) is 15.9 Å². The van der Waals surface area contributed by atoms with Crippen LogP contribution in [-0.2, 0) is 0 Å². The van der Waals surface area contributed by atoms with Gasteiger partial charge < -0.3 is 4.74 Å². The van der Waals surface area contributed by atoms with Gasteiger partial charge in [0.1, 0.15) is 11.8 Å². The van der Waals surface area contributed by atoms with E-state index in [0.717, 1.165) is 15.8 Å². The zero-order chi connectivity index (χ0) is 8.97.